The third-order valence-corrected chi connectivity index (χ3v) is 3.67. The molecule has 1 atom stereocenters. The van der Waals surface area contributed by atoms with Crippen molar-refractivity contribution in [3.8, 4) is 11.6 Å². The Hall–Kier alpha value is -2.50. The van der Waals surface area contributed by atoms with Crippen LogP contribution < -0.4 is 4.74 Å². The van der Waals surface area contributed by atoms with Crippen molar-refractivity contribution >= 4 is 5.91 Å². The molecule has 2 aromatic rings. The van der Waals surface area contributed by atoms with Crippen molar-refractivity contribution in [3.63, 3.8) is 0 Å². The number of nitrogens with zero attached hydrogens (tertiary/aromatic N) is 3. The molecule has 2 heterocycles. The molecule has 1 aliphatic rings. The highest BCUT2D eigenvalue weighted by Gasteiger charge is 2.29. The Bertz CT molecular complexity index is 675. The summed E-state index contributed by atoms with van der Waals surface area (Å²) in [6, 6.07) is 5.64. The number of hydrogen-bond acceptors (Lipinski definition) is 4. The summed E-state index contributed by atoms with van der Waals surface area (Å²) in [5.41, 5.74) is 0.715. The monoisotopic (exact) mass is 301 g/mol. The molecular formula is C16H16FN3O2. The van der Waals surface area contributed by atoms with Crippen LogP contribution in [-0.2, 0) is 4.79 Å². The Balaban J connectivity index is 1.80. The van der Waals surface area contributed by atoms with Crippen molar-refractivity contribution in [1.82, 2.24) is 14.9 Å². The number of rotatable bonds is 3. The van der Waals surface area contributed by atoms with Crippen LogP contribution in [0.25, 0.3) is 0 Å². The molecule has 6 heteroatoms. The van der Waals surface area contributed by atoms with E-state index in [0.29, 0.717) is 17.3 Å². The van der Waals surface area contributed by atoms with Crippen LogP contribution in [0.4, 0.5) is 4.39 Å². The predicted octanol–water partition coefficient (Wildman–Crippen LogP) is 3.09. The number of carbonyl (C=O) groups is 1. The summed E-state index contributed by atoms with van der Waals surface area (Å²) in [6.07, 6.45) is 4.98. The minimum Gasteiger partial charge on any atom is -0.437 e. The first-order valence-corrected chi connectivity index (χ1v) is 7.16. The van der Waals surface area contributed by atoms with Crippen LogP contribution >= 0.6 is 0 Å². The summed E-state index contributed by atoms with van der Waals surface area (Å²) in [5.74, 6) is 0.534. The third-order valence-electron chi connectivity index (χ3n) is 3.67. The molecule has 1 aromatic carbocycles. The molecule has 1 amide bonds. The number of amides is 1. The van der Waals surface area contributed by atoms with E-state index in [1.807, 2.05) is 0 Å². The highest BCUT2D eigenvalue weighted by atomic mass is 19.1. The van der Waals surface area contributed by atoms with E-state index < -0.39 is 0 Å². The van der Waals surface area contributed by atoms with Gasteiger partial charge in [0, 0.05) is 13.5 Å². The molecule has 0 saturated carbocycles. The van der Waals surface area contributed by atoms with Crippen LogP contribution in [0.2, 0.25) is 0 Å². The number of hydrogen-bond donors (Lipinski definition) is 0. The number of aromatic nitrogens is 2. The Morgan fingerprint density at radius 2 is 2.09 bits per heavy atom. The molecular weight excluding hydrogens is 285 g/mol. The molecule has 0 spiro atoms. The Labute approximate surface area is 127 Å². The largest absolute Gasteiger partial charge is 0.437 e. The van der Waals surface area contributed by atoms with Gasteiger partial charge in [0.25, 0.3) is 0 Å². The van der Waals surface area contributed by atoms with Gasteiger partial charge in [0.05, 0.1) is 24.1 Å². The fourth-order valence-electron chi connectivity index (χ4n) is 2.65. The van der Waals surface area contributed by atoms with Crippen molar-refractivity contribution < 1.29 is 13.9 Å². The average molecular weight is 301 g/mol. The van der Waals surface area contributed by atoms with Gasteiger partial charge >= 0.3 is 0 Å². The van der Waals surface area contributed by atoms with Gasteiger partial charge in [0.1, 0.15) is 11.6 Å². The van der Waals surface area contributed by atoms with Crippen molar-refractivity contribution in [3.05, 3.63) is 48.2 Å². The second-order valence-electron chi connectivity index (χ2n) is 5.21. The van der Waals surface area contributed by atoms with E-state index in [1.54, 1.807) is 18.0 Å². The van der Waals surface area contributed by atoms with Gasteiger partial charge in [-0.3, -0.25) is 9.78 Å². The first-order chi connectivity index (χ1) is 10.6. The third kappa shape index (κ3) is 3.05. The van der Waals surface area contributed by atoms with E-state index >= 15 is 0 Å². The fraction of sp³-hybridized carbons (Fsp3) is 0.312. The molecule has 1 fully saturated rings. The fourth-order valence-corrected chi connectivity index (χ4v) is 2.65. The zero-order chi connectivity index (χ0) is 15.5. The summed E-state index contributed by atoms with van der Waals surface area (Å²) in [4.78, 5) is 22.0. The molecule has 114 valence electrons. The van der Waals surface area contributed by atoms with Crippen LogP contribution in [-0.4, -0.2) is 27.3 Å². The number of ether oxygens (including phenoxy) is 1. The number of halogens is 1. The van der Waals surface area contributed by atoms with Crippen LogP contribution in [0.5, 0.6) is 11.6 Å². The quantitative estimate of drug-likeness (QED) is 0.874. The molecule has 0 N–H and O–H groups in total. The maximum atomic E-state index is 12.9. The van der Waals surface area contributed by atoms with Crippen molar-refractivity contribution in [1.29, 1.82) is 0 Å². The minimum absolute atomic E-state index is 0.0363. The Morgan fingerprint density at radius 3 is 2.82 bits per heavy atom. The maximum absolute atomic E-state index is 12.9. The first kappa shape index (κ1) is 14.4. The lowest BCUT2D eigenvalue weighted by Crippen LogP contribution is -2.28. The van der Waals surface area contributed by atoms with E-state index in [1.165, 1.54) is 30.5 Å². The lowest BCUT2D eigenvalue weighted by atomic mass is 10.1. The van der Waals surface area contributed by atoms with Gasteiger partial charge < -0.3 is 9.64 Å². The van der Waals surface area contributed by atoms with Crippen molar-refractivity contribution in [2.75, 3.05) is 6.54 Å². The summed E-state index contributed by atoms with van der Waals surface area (Å²) < 4.78 is 18.5. The van der Waals surface area contributed by atoms with Crippen LogP contribution in [0.1, 0.15) is 31.5 Å². The van der Waals surface area contributed by atoms with Crippen LogP contribution in [0.3, 0.4) is 0 Å². The highest BCUT2D eigenvalue weighted by molar-refractivity contribution is 5.74. The predicted molar refractivity (Wildman–Crippen MR) is 77.9 cm³/mol. The number of benzene rings is 1. The lowest BCUT2D eigenvalue weighted by Gasteiger charge is -2.22. The first-order valence-electron chi connectivity index (χ1n) is 7.16. The molecule has 0 radical (unpaired) electrons. The van der Waals surface area contributed by atoms with Crippen molar-refractivity contribution in [2.45, 2.75) is 25.8 Å². The zero-order valence-electron chi connectivity index (χ0n) is 12.2. The lowest BCUT2D eigenvalue weighted by molar-refractivity contribution is -0.129. The molecule has 0 bridgehead atoms. The van der Waals surface area contributed by atoms with E-state index in [0.717, 1.165) is 19.4 Å². The van der Waals surface area contributed by atoms with E-state index in [2.05, 4.69) is 9.97 Å². The van der Waals surface area contributed by atoms with E-state index in [9.17, 15) is 9.18 Å². The van der Waals surface area contributed by atoms with Crippen molar-refractivity contribution in [2.24, 2.45) is 0 Å². The molecule has 1 aromatic heterocycles. The van der Waals surface area contributed by atoms with Gasteiger partial charge in [-0.2, -0.15) is 0 Å². The molecule has 22 heavy (non-hydrogen) atoms. The van der Waals surface area contributed by atoms with Gasteiger partial charge in [-0.25, -0.2) is 9.37 Å². The van der Waals surface area contributed by atoms with Gasteiger partial charge in [-0.05, 0) is 37.1 Å². The molecule has 1 aliphatic heterocycles. The molecule has 1 saturated heterocycles. The maximum Gasteiger partial charge on any atom is 0.238 e. The van der Waals surface area contributed by atoms with Crippen LogP contribution in [0.15, 0.2) is 36.7 Å². The summed E-state index contributed by atoms with van der Waals surface area (Å²) in [7, 11) is 0. The zero-order valence-corrected chi connectivity index (χ0v) is 12.2. The molecule has 3 rings (SSSR count). The SMILES string of the molecule is CC(=O)N1CCC[C@H]1c1cncc(Oc2ccc(F)cc2)n1. The van der Waals surface area contributed by atoms with Gasteiger partial charge in [0.15, 0.2) is 0 Å². The Morgan fingerprint density at radius 1 is 1.32 bits per heavy atom. The second kappa shape index (κ2) is 6.09. The van der Waals surface area contributed by atoms with Crippen LogP contribution in [0, 0.1) is 5.82 Å². The minimum atomic E-state index is -0.324. The van der Waals surface area contributed by atoms with E-state index in [4.69, 9.17) is 4.74 Å². The smallest absolute Gasteiger partial charge is 0.238 e. The summed E-state index contributed by atoms with van der Waals surface area (Å²) in [6.45, 7) is 2.30. The standard InChI is InChI=1S/C16H16FN3O2/c1-11(21)20-8-2-3-15(20)14-9-18-10-16(19-14)22-13-6-4-12(17)5-7-13/h4-7,9-10,15H,2-3,8H2,1H3/t15-/m0/s1. The average Bonchev–Trinajstić information content (AvgIpc) is 3.00. The number of carbonyl (C=O) groups excluding carboxylic acids is 1. The highest BCUT2D eigenvalue weighted by Crippen LogP contribution is 2.31. The van der Waals surface area contributed by atoms with Gasteiger partial charge in [0.2, 0.25) is 11.8 Å². The molecule has 0 unspecified atom stereocenters. The summed E-state index contributed by atoms with van der Waals surface area (Å²) in [5, 5.41) is 0. The van der Waals surface area contributed by atoms with E-state index in [-0.39, 0.29) is 17.8 Å². The normalized spacial score (nSPS) is 17.5. The summed E-state index contributed by atoms with van der Waals surface area (Å²) >= 11 is 0. The topological polar surface area (TPSA) is 55.3 Å². The molecule has 0 aliphatic carbocycles. The Kier molecular flexibility index (Phi) is 4.00. The van der Waals surface area contributed by atoms with Gasteiger partial charge in [-0.1, -0.05) is 0 Å². The second-order valence-corrected chi connectivity index (χ2v) is 5.21. The molecule has 5 nitrogen and oxygen atoms in total. The van der Waals surface area contributed by atoms with Gasteiger partial charge in [-0.15, -0.1) is 0 Å². The number of likely N-dealkylation sites (tertiary alicyclic amines) is 1.